The Hall–Kier alpha value is -2.87. The van der Waals surface area contributed by atoms with Gasteiger partial charge in [-0.05, 0) is 31.7 Å². The van der Waals surface area contributed by atoms with Crippen LogP contribution in [0.25, 0.3) is 11.2 Å². The molecular formula is C22H32N6O2. The van der Waals surface area contributed by atoms with E-state index in [0.29, 0.717) is 29.9 Å². The Morgan fingerprint density at radius 1 is 1.10 bits per heavy atom. The molecule has 2 aromatic heterocycles. The van der Waals surface area contributed by atoms with Gasteiger partial charge in [-0.25, -0.2) is 4.98 Å². The lowest BCUT2D eigenvalue weighted by molar-refractivity contribution is 0.271. The van der Waals surface area contributed by atoms with Crippen LogP contribution in [0.1, 0.15) is 57.2 Å². The first-order valence-corrected chi connectivity index (χ1v) is 10.7. The highest BCUT2D eigenvalue weighted by molar-refractivity contribution is 5.84. The predicted octanol–water partition coefficient (Wildman–Crippen LogP) is 4.00. The summed E-state index contributed by atoms with van der Waals surface area (Å²) in [6.45, 7) is 8.59. The minimum absolute atomic E-state index is 0.00360. The van der Waals surface area contributed by atoms with Crippen LogP contribution in [0.5, 0.6) is 5.75 Å². The number of anilines is 2. The van der Waals surface area contributed by atoms with Gasteiger partial charge >= 0.3 is 0 Å². The van der Waals surface area contributed by atoms with Gasteiger partial charge in [-0.2, -0.15) is 9.97 Å². The Balaban J connectivity index is 2.01. The fourth-order valence-corrected chi connectivity index (χ4v) is 3.55. The molecule has 3 aromatic rings. The summed E-state index contributed by atoms with van der Waals surface area (Å²) in [5.74, 6) is 1.33. The van der Waals surface area contributed by atoms with Crippen molar-refractivity contribution in [2.24, 2.45) is 0 Å². The van der Waals surface area contributed by atoms with Crippen molar-refractivity contribution in [2.75, 3.05) is 17.2 Å². The molecule has 1 atom stereocenters. The van der Waals surface area contributed by atoms with Crippen molar-refractivity contribution in [2.45, 2.75) is 65.6 Å². The number of fused-ring (bicyclic) bond motifs is 1. The standard InChI is InChI=1S/C22H32N6O2/c1-5-16(12-29)25-22-26-20(23-11-15-10-8-9-14(4)19(15)30)18-21(27-22)28(13-24-18)17(6-2)7-3/h8-10,13,16-17,29-30H,5-7,11-12H2,1-4H3,(H2,23,25,26,27). The lowest BCUT2D eigenvalue weighted by atomic mass is 10.1. The number of aliphatic hydroxyl groups is 1. The first kappa shape index (κ1) is 21.8. The zero-order valence-corrected chi connectivity index (χ0v) is 18.2. The number of aromatic hydroxyl groups is 1. The maximum Gasteiger partial charge on any atom is 0.227 e. The number of benzene rings is 1. The molecule has 3 rings (SSSR count). The Kier molecular flexibility index (Phi) is 7.10. The van der Waals surface area contributed by atoms with Gasteiger partial charge < -0.3 is 25.4 Å². The van der Waals surface area contributed by atoms with Crippen LogP contribution in [-0.4, -0.2) is 42.4 Å². The number of phenolic OH excluding ortho intramolecular Hbond substituents is 1. The van der Waals surface area contributed by atoms with E-state index < -0.39 is 0 Å². The van der Waals surface area contributed by atoms with Crippen LogP contribution in [0.2, 0.25) is 0 Å². The largest absolute Gasteiger partial charge is 0.507 e. The molecule has 162 valence electrons. The molecule has 0 bridgehead atoms. The minimum atomic E-state index is -0.124. The molecule has 8 heteroatoms. The first-order valence-electron chi connectivity index (χ1n) is 10.7. The molecular weight excluding hydrogens is 380 g/mol. The monoisotopic (exact) mass is 412 g/mol. The highest BCUT2D eigenvalue weighted by Gasteiger charge is 2.18. The SMILES string of the molecule is CCC(CO)Nc1nc(NCc2cccc(C)c2O)c2ncn(C(CC)CC)c2n1. The molecule has 2 heterocycles. The lowest BCUT2D eigenvalue weighted by Crippen LogP contribution is -2.24. The fraction of sp³-hybridized carbons (Fsp3) is 0.500. The van der Waals surface area contributed by atoms with Gasteiger partial charge in [0.2, 0.25) is 5.95 Å². The first-order chi connectivity index (χ1) is 14.5. The number of imidazole rings is 1. The number of para-hydroxylation sites is 1. The van der Waals surface area contributed by atoms with Crippen LogP contribution in [0.15, 0.2) is 24.5 Å². The number of hydrogen-bond donors (Lipinski definition) is 4. The number of phenols is 1. The van der Waals surface area contributed by atoms with Crippen molar-refractivity contribution in [1.29, 1.82) is 0 Å². The average Bonchev–Trinajstić information content (AvgIpc) is 3.18. The summed E-state index contributed by atoms with van der Waals surface area (Å²) < 4.78 is 2.09. The molecule has 4 N–H and O–H groups in total. The second-order valence-electron chi connectivity index (χ2n) is 7.56. The molecule has 0 radical (unpaired) electrons. The number of aliphatic hydroxyl groups excluding tert-OH is 1. The number of nitrogens with zero attached hydrogens (tertiary/aromatic N) is 4. The van der Waals surface area contributed by atoms with E-state index >= 15 is 0 Å². The molecule has 0 amide bonds. The molecule has 1 unspecified atom stereocenters. The van der Waals surface area contributed by atoms with E-state index in [4.69, 9.17) is 4.98 Å². The second kappa shape index (κ2) is 9.75. The summed E-state index contributed by atoms with van der Waals surface area (Å²) >= 11 is 0. The topological polar surface area (TPSA) is 108 Å². The second-order valence-corrected chi connectivity index (χ2v) is 7.56. The molecule has 0 aliphatic heterocycles. The van der Waals surface area contributed by atoms with Crippen molar-refractivity contribution in [3.05, 3.63) is 35.7 Å². The molecule has 0 fully saturated rings. The summed E-state index contributed by atoms with van der Waals surface area (Å²) in [6.07, 6.45) is 4.52. The van der Waals surface area contributed by atoms with E-state index in [0.717, 1.165) is 36.0 Å². The van der Waals surface area contributed by atoms with Crippen LogP contribution < -0.4 is 10.6 Å². The third-order valence-electron chi connectivity index (χ3n) is 5.57. The predicted molar refractivity (Wildman–Crippen MR) is 120 cm³/mol. The third-order valence-corrected chi connectivity index (χ3v) is 5.57. The van der Waals surface area contributed by atoms with Gasteiger partial charge in [0, 0.05) is 18.2 Å². The smallest absolute Gasteiger partial charge is 0.227 e. The van der Waals surface area contributed by atoms with Gasteiger partial charge in [0.25, 0.3) is 0 Å². The number of aromatic nitrogens is 4. The van der Waals surface area contributed by atoms with E-state index in [9.17, 15) is 10.2 Å². The zero-order chi connectivity index (χ0) is 21.7. The number of nitrogens with one attached hydrogen (secondary N) is 2. The van der Waals surface area contributed by atoms with E-state index in [-0.39, 0.29) is 18.4 Å². The Bertz CT molecular complexity index is 979. The quantitative estimate of drug-likeness (QED) is 0.399. The highest BCUT2D eigenvalue weighted by Crippen LogP contribution is 2.28. The van der Waals surface area contributed by atoms with Crippen LogP contribution in [0.4, 0.5) is 11.8 Å². The van der Waals surface area contributed by atoms with Crippen LogP contribution in [-0.2, 0) is 6.54 Å². The molecule has 0 aliphatic rings. The molecule has 0 aliphatic carbocycles. The fourth-order valence-electron chi connectivity index (χ4n) is 3.55. The Morgan fingerprint density at radius 2 is 1.87 bits per heavy atom. The van der Waals surface area contributed by atoms with E-state index in [2.05, 4.69) is 39.0 Å². The van der Waals surface area contributed by atoms with Crippen LogP contribution >= 0.6 is 0 Å². The molecule has 30 heavy (non-hydrogen) atoms. The maximum absolute atomic E-state index is 10.3. The summed E-state index contributed by atoms with van der Waals surface area (Å²) in [4.78, 5) is 13.9. The Morgan fingerprint density at radius 3 is 2.53 bits per heavy atom. The Labute approximate surface area is 177 Å². The molecule has 1 aromatic carbocycles. The maximum atomic E-state index is 10.3. The third kappa shape index (κ3) is 4.48. The molecule has 0 saturated carbocycles. The van der Waals surface area contributed by atoms with E-state index in [1.807, 2.05) is 38.4 Å². The van der Waals surface area contributed by atoms with Gasteiger partial charge in [-0.15, -0.1) is 0 Å². The van der Waals surface area contributed by atoms with Gasteiger partial charge in [-0.1, -0.05) is 39.0 Å². The van der Waals surface area contributed by atoms with Crippen molar-refractivity contribution in [3.63, 3.8) is 0 Å². The number of aryl methyl sites for hydroxylation is 1. The summed E-state index contributed by atoms with van der Waals surface area (Å²) in [5.41, 5.74) is 3.07. The van der Waals surface area contributed by atoms with Gasteiger partial charge in [0.05, 0.1) is 19.0 Å². The summed E-state index contributed by atoms with van der Waals surface area (Å²) in [6, 6.07) is 5.85. The normalized spacial score (nSPS) is 12.5. The van der Waals surface area contributed by atoms with Gasteiger partial charge in [-0.3, -0.25) is 0 Å². The van der Waals surface area contributed by atoms with Crippen LogP contribution in [0, 0.1) is 6.92 Å². The van der Waals surface area contributed by atoms with E-state index in [1.165, 1.54) is 0 Å². The van der Waals surface area contributed by atoms with E-state index in [1.54, 1.807) is 0 Å². The summed E-state index contributed by atoms with van der Waals surface area (Å²) in [5, 5.41) is 26.5. The van der Waals surface area contributed by atoms with Crippen molar-refractivity contribution < 1.29 is 10.2 Å². The zero-order valence-electron chi connectivity index (χ0n) is 18.2. The van der Waals surface area contributed by atoms with Crippen molar-refractivity contribution >= 4 is 22.9 Å². The highest BCUT2D eigenvalue weighted by atomic mass is 16.3. The lowest BCUT2D eigenvalue weighted by Gasteiger charge is -2.18. The van der Waals surface area contributed by atoms with Gasteiger partial charge in [0.1, 0.15) is 5.75 Å². The number of rotatable bonds is 10. The average molecular weight is 413 g/mol. The van der Waals surface area contributed by atoms with Crippen LogP contribution in [0.3, 0.4) is 0 Å². The molecule has 0 saturated heterocycles. The molecule has 8 nitrogen and oxygen atoms in total. The number of hydrogen-bond acceptors (Lipinski definition) is 7. The van der Waals surface area contributed by atoms with Crippen molar-refractivity contribution in [3.8, 4) is 5.75 Å². The van der Waals surface area contributed by atoms with Gasteiger partial charge in [0.15, 0.2) is 17.0 Å². The van der Waals surface area contributed by atoms with Crippen molar-refractivity contribution in [1.82, 2.24) is 19.5 Å². The minimum Gasteiger partial charge on any atom is -0.507 e. The molecule has 0 spiro atoms. The summed E-state index contributed by atoms with van der Waals surface area (Å²) in [7, 11) is 0.